The number of piperidine rings is 1. The largest absolute Gasteiger partial charge is 0.396 e. The van der Waals surface area contributed by atoms with Gasteiger partial charge in [0.05, 0.1) is 12.7 Å². The molecule has 3 heteroatoms. The van der Waals surface area contributed by atoms with Gasteiger partial charge in [-0.05, 0) is 44.8 Å². The topological polar surface area (TPSA) is 36.0 Å². The van der Waals surface area contributed by atoms with Crippen molar-refractivity contribution in [1.29, 1.82) is 0 Å². The average Bonchev–Trinajstić information content (AvgIpc) is 2.94. The van der Waals surface area contributed by atoms with E-state index in [0.717, 1.165) is 39.0 Å². The quantitative estimate of drug-likeness (QED) is 0.650. The van der Waals surface area contributed by atoms with E-state index in [9.17, 15) is 5.11 Å². The van der Waals surface area contributed by atoms with Gasteiger partial charge in [-0.25, -0.2) is 0 Å². The van der Waals surface area contributed by atoms with Crippen LogP contribution in [0.1, 0.15) is 19.3 Å². The van der Waals surface area contributed by atoms with Crippen molar-refractivity contribution in [3.05, 3.63) is 0 Å². The van der Waals surface area contributed by atoms with Gasteiger partial charge in [0.1, 0.15) is 0 Å². The minimum absolute atomic E-state index is 0.174. The Kier molecular flexibility index (Phi) is 2.58. The van der Waals surface area contributed by atoms with Crippen LogP contribution >= 0.6 is 0 Å². The van der Waals surface area contributed by atoms with Gasteiger partial charge in [-0.3, -0.25) is 0 Å². The van der Waals surface area contributed by atoms with Gasteiger partial charge in [-0.1, -0.05) is 0 Å². The van der Waals surface area contributed by atoms with E-state index in [0.29, 0.717) is 12.7 Å². The van der Waals surface area contributed by atoms with E-state index < -0.39 is 0 Å². The molecule has 0 bridgehead atoms. The van der Waals surface area contributed by atoms with E-state index in [-0.39, 0.29) is 5.41 Å². The molecule has 2 aliphatic heterocycles. The zero-order valence-electron chi connectivity index (χ0n) is 8.33. The van der Waals surface area contributed by atoms with Crippen molar-refractivity contribution < 1.29 is 9.84 Å². The number of aliphatic hydroxyl groups is 1. The predicted molar refractivity (Wildman–Crippen MR) is 50.6 cm³/mol. The van der Waals surface area contributed by atoms with Crippen LogP contribution < -0.4 is 0 Å². The lowest BCUT2D eigenvalue weighted by Gasteiger charge is -2.39. The second kappa shape index (κ2) is 3.56. The van der Waals surface area contributed by atoms with Gasteiger partial charge in [0.15, 0.2) is 0 Å². The van der Waals surface area contributed by atoms with Crippen molar-refractivity contribution in [2.75, 3.05) is 33.4 Å². The lowest BCUT2D eigenvalue weighted by molar-refractivity contribution is 0.0393. The summed E-state index contributed by atoms with van der Waals surface area (Å²) >= 11 is 0. The zero-order valence-corrected chi connectivity index (χ0v) is 8.33. The van der Waals surface area contributed by atoms with Crippen molar-refractivity contribution in [2.45, 2.75) is 25.4 Å². The Hall–Kier alpha value is -0.120. The monoisotopic (exact) mass is 185 g/mol. The van der Waals surface area contributed by atoms with Crippen molar-refractivity contribution in [3.8, 4) is 0 Å². The average molecular weight is 185 g/mol. The number of rotatable bonds is 3. The molecule has 1 N–H and O–H groups in total. The minimum Gasteiger partial charge on any atom is -0.396 e. The summed E-state index contributed by atoms with van der Waals surface area (Å²) in [6.45, 7) is 3.48. The molecule has 2 rings (SSSR count). The smallest absolute Gasteiger partial charge is 0.0816 e. The van der Waals surface area contributed by atoms with Crippen molar-refractivity contribution in [1.82, 2.24) is 4.90 Å². The van der Waals surface area contributed by atoms with Gasteiger partial charge in [-0.2, -0.15) is 0 Å². The van der Waals surface area contributed by atoms with Crippen molar-refractivity contribution in [3.63, 3.8) is 0 Å². The van der Waals surface area contributed by atoms with E-state index in [1.54, 1.807) is 0 Å². The first-order chi connectivity index (χ1) is 6.24. The lowest BCUT2D eigenvalue weighted by atomic mass is 9.75. The van der Waals surface area contributed by atoms with E-state index in [2.05, 4.69) is 11.9 Å². The molecule has 0 saturated carbocycles. The van der Waals surface area contributed by atoms with E-state index in [1.165, 1.54) is 0 Å². The molecule has 2 heterocycles. The third-order valence-corrected chi connectivity index (χ3v) is 3.45. The molecular weight excluding hydrogens is 166 g/mol. The number of epoxide rings is 1. The van der Waals surface area contributed by atoms with Crippen LogP contribution in [-0.4, -0.2) is 49.5 Å². The normalized spacial score (nSPS) is 33.2. The van der Waals surface area contributed by atoms with Crippen molar-refractivity contribution >= 4 is 0 Å². The number of hydrogen-bond donors (Lipinski definition) is 1. The number of aliphatic hydroxyl groups excluding tert-OH is 1. The molecule has 1 unspecified atom stereocenters. The van der Waals surface area contributed by atoms with Gasteiger partial charge < -0.3 is 14.7 Å². The van der Waals surface area contributed by atoms with Crippen LogP contribution in [-0.2, 0) is 4.74 Å². The Morgan fingerprint density at radius 3 is 2.54 bits per heavy atom. The Balaban J connectivity index is 1.89. The van der Waals surface area contributed by atoms with E-state index in [1.807, 2.05) is 0 Å². The second-order valence-electron chi connectivity index (χ2n) is 4.62. The third-order valence-electron chi connectivity index (χ3n) is 3.45. The molecule has 2 saturated heterocycles. The van der Waals surface area contributed by atoms with Gasteiger partial charge in [0.25, 0.3) is 0 Å². The first kappa shape index (κ1) is 9.44. The lowest BCUT2D eigenvalue weighted by Crippen LogP contribution is -2.41. The third kappa shape index (κ3) is 2.22. The van der Waals surface area contributed by atoms with Crippen molar-refractivity contribution in [2.24, 2.45) is 5.41 Å². The van der Waals surface area contributed by atoms with Gasteiger partial charge >= 0.3 is 0 Å². The molecule has 2 fully saturated rings. The molecule has 0 radical (unpaired) electrons. The van der Waals surface area contributed by atoms with Crippen LogP contribution in [0.4, 0.5) is 0 Å². The van der Waals surface area contributed by atoms with Gasteiger partial charge in [0.2, 0.25) is 0 Å². The number of hydrogen-bond acceptors (Lipinski definition) is 3. The molecule has 0 amide bonds. The Morgan fingerprint density at radius 2 is 2.08 bits per heavy atom. The van der Waals surface area contributed by atoms with Gasteiger partial charge in [-0.15, -0.1) is 0 Å². The first-order valence-corrected chi connectivity index (χ1v) is 5.15. The number of nitrogens with zero attached hydrogens (tertiary/aromatic N) is 1. The summed E-state index contributed by atoms with van der Waals surface area (Å²) in [5, 5.41) is 9.43. The summed E-state index contributed by atoms with van der Waals surface area (Å²) in [5.41, 5.74) is 0.174. The minimum atomic E-state index is 0.174. The summed E-state index contributed by atoms with van der Waals surface area (Å²) in [7, 11) is 2.15. The maximum absolute atomic E-state index is 9.43. The molecule has 0 aliphatic carbocycles. The van der Waals surface area contributed by atoms with Crippen LogP contribution in [0.5, 0.6) is 0 Å². The summed E-state index contributed by atoms with van der Waals surface area (Å²) in [5.74, 6) is 0. The Morgan fingerprint density at radius 1 is 1.46 bits per heavy atom. The molecule has 13 heavy (non-hydrogen) atoms. The highest BCUT2D eigenvalue weighted by Gasteiger charge is 2.39. The molecule has 76 valence electrons. The van der Waals surface area contributed by atoms with Crippen LogP contribution in [0.15, 0.2) is 0 Å². The zero-order chi connectivity index (χ0) is 9.31. The number of likely N-dealkylation sites (tertiary alicyclic amines) is 1. The maximum atomic E-state index is 9.43. The summed E-state index contributed by atoms with van der Waals surface area (Å²) < 4.78 is 5.24. The van der Waals surface area contributed by atoms with Gasteiger partial charge in [0, 0.05) is 6.61 Å². The molecule has 0 aromatic carbocycles. The molecule has 2 aliphatic rings. The standard InChI is InChI=1S/C10H19NO2/c1-11-4-2-10(8-12,3-5-11)6-9-7-13-9/h9,12H,2-8H2,1H3. The first-order valence-electron chi connectivity index (χ1n) is 5.15. The molecule has 3 nitrogen and oxygen atoms in total. The Bertz CT molecular complexity index is 172. The Labute approximate surface area is 79.7 Å². The van der Waals surface area contributed by atoms with Crippen LogP contribution in [0.25, 0.3) is 0 Å². The second-order valence-corrected chi connectivity index (χ2v) is 4.62. The highest BCUT2D eigenvalue weighted by molar-refractivity contribution is 4.89. The summed E-state index contributed by atoms with van der Waals surface area (Å²) in [6.07, 6.45) is 3.77. The van der Waals surface area contributed by atoms with Crippen LogP contribution in [0.2, 0.25) is 0 Å². The maximum Gasteiger partial charge on any atom is 0.0816 e. The molecule has 0 spiro atoms. The summed E-state index contributed by atoms with van der Waals surface area (Å²) in [4.78, 5) is 2.33. The number of ether oxygens (including phenoxy) is 1. The highest BCUT2D eigenvalue weighted by Crippen LogP contribution is 2.38. The summed E-state index contributed by atoms with van der Waals surface area (Å²) in [6, 6.07) is 0. The fourth-order valence-corrected chi connectivity index (χ4v) is 2.19. The van der Waals surface area contributed by atoms with Crippen LogP contribution in [0, 0.1) is 5.41 Å². The molecule has 0 aromatic rings. The van der Waals surface area contributed by atoms with E-state index >= 15 is 0 Å². The molecule has 0 aromatic heterocycles. The van der Waals surface area contributed by atoms with Crippen LogP contribution in [0.3, 0.4) is 0 Å². The molecular formula is C10H19NO2. The highest BCUT2D eigenvalue weighted by atomic mass is 16.6. The SMILES string of the molecule is CN1CCC(CO)(CC2CO2)CC1. The predicted octanol–water partition coefficient (Wildman–Crippen LogP) is 0.480. The fourth-order valence-electron chi connectivity index (χ4n) is 2.19. The molecule has 1 atom stereocenters. The van der Waals surface area contributed by atoms with E-state index in [4.69, 9.17) is 4.74 Å². The fraction of sp³-hybridized carbons (Fsp3) is 1.00.